The molecule has 0 saturated carbocycles. The zero-order valence-electron chi connectivity index (χ0n) is 15.3. The predicted octanol–water partition coefficient (Wildman–Crippen LogP) is 1.83. The van der Waals surface area contributed by atoms with E-state index in [1.54, 1.807) is 24.3 Å². The van der Waals surface area contributed by atoms with Crippen molar-refractivity contribution in [3.63, 3.8) is 0 Å². The van der Waals surface area contributed by atoms with Gasteiger partial charge >= 0.3 is 0 Å². The van der Waals surface area contributed by atoms with Crippen molar-refractivity contribution >= 4 is 5.78 Å². The molecule has 2 fully saturated rings. The highest BCUT2D eigenvalue weighted by Crippen LogP contribution is 2.34. The van der Waals surface area contributed by atoms with Crippen molar-refractivity contribution in [2.75, 3.05) is 6.61 Å². The summed E-state index contributed by atoms with van der Waals surface area (Å²) in [6, 6.07) is 15.9. The highest BCUT2D eigenvalue weighted by molar-refractivity contribution is 5.94. The number of hydrogen-bond donors (Lipinski definition) is 2. The number of aliphatic hydroxyl groups excluding tert-OH is 2. The monoisotopic (exact) mass is 386 g/mol. The van der Waals surface area contributed by atoms with Crippen LogP contribution >= 0.6 is 0 Å². The molecular formula is C21H22O7. The van der Waals surface area contributed by atoms with Crippen LogP contribution < -0.4 is 4.74 Å². The third-order valence-electron chi connectivity index (χ3n) is 4.92. The van der Waals surface area contributed by atoms with Crippen LogP contribution in [-0.2, 0) is 14.2 Å². The van der Waals surface area contributed by atoms with Crippen LogP contribution in [0.5, 0.6) is 5.75 Å². The number of Topliss-reactive ketones (excluding diaryl/α,β-unsaturated/α-hetero) is 1. The first-order chi connectivity index (χ1) is 13.5. The summed E-state index contributed by atoms with van der Waals surface area (Å²) in [6.07, 6.45) is -5.54. The van der Waals surface area contributed by atoms with Gasteiger partial charge in [0, 0.05) is 11.1 Å². The largest absolute Gasteiger partial charge is 0.462 e. The van der Waals surface area contributed by atoms with Gasteiger partial charge in [0.05, 0.1) is 6.61 Å². The second kappa shape index (κ2) is 7.98. The fourth-order valence-corrected chi connectivity index (χ4v) is 3.36. The summed E-state index contributed by atoms with van der Waals surface area (Å²) >= 11 is 0. The van der Waals surface area contributed by atoms with Crippen LogP contribution in [0.15, 0.2) is 54.6 Å². The van der Waals surface area contributed by atoms with Crippen LogP contribution in [0.4, 0.5) is 0 Å². The third kappa shape index (κ3) is 3.80. The van der Waals surface area contributed by atoms with Crippen LogP contribution in [-0.4, -0.2) is 53.3 Å². The van der Waals surface area contributed by atoms with E-state index in [1.165, 1.54) is 6.92 Å². The number of hydrogen-bond acceptors (Lipinski definition) is 7. The maximum Gasteiger partial charge on any atom is 0.229 e. The quantitative estimate of drug-likeness (QED) is 0.774. The number of ketones is 1. The van der Waals surface area contributed by atoms with Gasteiger partial charge in [-0.3, -0.25) is 4.79 Å². The Bertz CT molecular complexity index is 805. The molecule has 2 aromatic rings. The van der Waals surface area contributed by atoms with Crippen LogP contribution in [0.2, 0.25) is 0 Å². The third-order valence-corrected chi connectivity index (χ3v) is 4.92. The van der Waals surface area contributed by atoms with Crippen molar-refractivity contribution in [1.82, 2.24) is 0 Å². The van der Waals surface area contributed by atoms with Gasteiger partial charge in [0.25, 0.3) is 0 Å². The molecule has 2 heterocycles. The lowest BCUT2D eigenvalue weighted by Crippen LogP contribution is -2.62. The smallest absolute Gasteiger partial charge is 0.229 e. The first kappa shape index (κ1) is 19.0. The standard InChI is InChI=1S/C21H22O7/c1-12(22)13-7-9-15(10-8-13)26-21-18(24)17(23)19-16(27-21)11-25-20(28-19)14-5-3-2-4-6-14/h2-10,16-21,23-24H,11H2,1H3/t16-,17-,18-,19-,20?,21-/m1/s1. The summed E-state index contributed by atoms with van der Waals surface area (Å²) in [4.78, 5) is 11.4. The molecule has 7 nitrogen and oxygen atoms in total. The van der Waals surface area contributed by atoms with Crippen molar-refractivity contribution in [3.05, 3.63) is 65.7 Å². The first-order valence-corrected chi connectivity index (χ1v) is 9.14. The van der Waals surface area contributed by atoms with E-state index in [4.69, 9.17) is 18.9 Å². The molecule has 0 aromatic heterocycles. The van der Waals surface area contributed by atoms with Gasteiger partial charge in [-0.1, -0.05) is 30.3 Å². The number of fused-ring (bicyclic) bond motifs is 1. The van der Waals surface area contributed by atoms with Crippen molar-refractivity contribution in [1.29, 1.82) is 0 Å². The maximum atomic E-state index is 11.4. The molecule has 0 aliphatic carbocycles. The molecule has 2 aliphatic rings. The molecule has 0 radical (unpaired) electrons. The van der Waals surface area contributed by atoms with E-state index in [2.05, 4.69) is 0 Å². The van der Waals surface area contributed by atoms with Crippen LogP contribution in [0.25, 0.3) is 0 Å². The van der Waals surface area contributed by atoms with E-state index in [9.17, 15) is 15.0 Å². The molecule has 0 amide bonds. The Labute approximate surface area is 162 Å². The highest BCUT2D eigenvalue weighted by atomic mass is 16.8. The summed E-state index contributed by atoms with van der Waals surface area (Å²) in [7, 11) is 0. The molecule has 4 rings (SSSR count). The number of aliphatic hydroxyl groups is 2. The number of carbonyl (C=O) groups excluding carboxylic acids is 1. The first-order valence-electron chi connectivity index (χ1n) is 9.14. The normalized spacial score (nSPS) is 32.4. The van der Waals surface area contributed by atoms with Crippen molar-refractivity contribution in [2.45, 2.75) is 43.9 Å². The number of benzene rings is 2. The zero-order valence-corrected chi connectivity index (χ0v) is 15.3. The highest BCUT2D eigenvalue weighted by Gasteiger charge is 2.49. The van der Waals surface area contributed by atoms with Gasteiger partial charge in [-0.15, -0.1) is 0 Å². The summed E-state index contributed by atoms with van der Waals surface area (Å²) in [5, 5.41) is 21.0. The van der Waals surface area contributed by atoms with Gasteiger partial charge in [-0.05, 0) is 31.2 Å². The summed E-state index contributed by atoms with van der Waals surface area (Å²) in [6.45, 7) is 1.67. The Hall–Kier alpha value is -2.29. The summed E-state index contributed by atoms with van der Waals surface area (Å²) < 4.78 is 23.0. The molecule has 2 N–H and O–H groups in total. The van der Waals surface area contributed by atoms with Crippen molar-refractivity contribution in [3.8, 4) is 5.75 Å². The Kier molecular flexibility index (Phi) is 5.43. The van der Waals surface area contributed by atoms with Gasteiger partial charge in [0.2, 0.25) is 6.29 Å². The van der Waals surface area contributed by atoms with E-state index in [1.807, 2.05) is 30.3 Å². The number of carbonyl (C=O) groups is 1. The van der Waals surface area contributed by atoms with E-state index < -0.39 is 37.0 Å². The van der Waals surface area contributed by atoms with Gasteiger partial charge in [-0.2, -0.15) is 0 Å². The van der Waals surface area contributed by atoms with E-state index >= 15 is 0 Å². The molecular weight excluding hydrogens is 364 g/mol. The Morgan fingerprint density at radius 3 is 2.39 bits per heavy atom. The van der Waals surface area contributed by atoms with Gasteiger partial charge in [0.15, 0.2) is 12.1 Å². The Morgan fingerprint density at radius 2 is 1.71 bits per heavy atom. The molecule has 7 heteroatoms. The van der Waals surface area contributed by atoms with Crippen LogP contribution in [0.3, 0.4) is 0 Å². The molecule has 2 aliphatic heterocycles. The molecule has 1 unspecified atom stereocenters. The Balaban J connectivity index is 1.43. The van der Waals surface area contributed by atoms with E-state index in [0.29, 0.717) is 11.3 Å². The van der Waals surface area contributed by atoms with Gasteiger partial charge in [-0.25, -0.2) is 0 Å². The lowest BCUT2D eigenvalue weighted by molar-refractivity contribution is -0.350. The number of rotatable bonds is 4. The van der Waals surface area contributed by atoms with Crippen LogP contribution in [0, 0.1) is 0 Å². The molecule has 6 atom stereocenters. The molecule has 2 aromatic carbocycles. The minimum Gasteiger partial charge on any atom is -0.462 e. The molecule has 2 saturated heterocycles. The average Bonchev–Trinajstić information content (AvgIpc) is 2.72. The topological polar surface area (TPSA) is 94.5 Å². The maximum absolute atomic E-state index is 11.4. The fraction of sp³-hybridized carbons (Fsp3) is 0.381. The molecule has 28 heavy (non-hydrogen) atoms. The van der Waals surface area contributed by atoms with E-state index in [-0.39, 0.29) is 12.4 Å². The minimum atomic E-state index is -1.30. The minimum absolute atomic E-state index is 0.0526. The number of ether oxygens (including phenoxy) is 4. The second-order valence-electron chi connectivity index (χ2n) is 6.90. The van der Waals surface area contributed by atoms with E-state index in [0.717, 1.165) is 5.56 Å². The van der Waals surface area contributed by atoms with Crippen LogP contribution in [0.1, 0.15) is 29.1 Å². The van der Waals surface area contributed by atoms with Gasteiger partial charge in [0.1, 0.15) is 30.2 Å². The Morgan fingerprint density at radius 1 is 1.00 bits per heavy atom. The lowest BCUT2D eigenvalue weighted by atomic mass is 9.98. The second-order valence-corrected chi connectivity index (χ2v) is 6.90. The summed E-state index contributed by atoms with van der Waals surface area (Å²) in [5.41, 5.74) is 1.38. The van der Waals surface area contributed by atoms with Gasteiger partial charge < -0.3 is 29.2 Å². The summed E-state index contributed by atoms with van der Waals surface area (Å²) in [5.74, 6) is 0.364. The van der Waals surface area contributed by atoms with Crippen molar-refractivity contribution in [2.24, 2.45) is 0 Å². The average molecular weight is 386 g/mol. The molecule has 148 valence electrons. The molecule has 0 bridgehead atoms. The lowest BCUT2D eigenvalue weighted by Gasteiger charge is -2.46. The fourth-order valence-electron chi connectivity index (χ4n) is 3.36. The SMILES string of the molecule is CC(=O)c1ccc(O[C@@H]2O[C@@H]3COC(c4ccccc4)O[C@H]3[C@H](O)[C@H]2O)cc1. The van der Waals surface area contributed by atoms with Crippen molar-refractivity contribution < 1.29 is 34.0 Å². The zero-order chi connectivity index (χ0) is 19.7. The molecule has 0 spiro atoms. The predicted molar refractivity (Wildman–Crippen MR) is 97.8 cm³/mol.